The summed E-state index contributed by atoms with van der Waals surface area (Å²) in [6.45, 7) is 6.38. The molecule has 0 unspecified atom stereocenters. The fraction of sp³-hybridized carbons (Fsp3) is 0.263. The number of aryl methyl sites for hydroxylation is 1. The molecule has 1 amide bonds. The Balaban J connectivity index is 1.94. The number of hydrogen-bond donors (Lipinski definition) is 1. The van der Waals surface area contributed by atoms with E-state index in [4.69, 9.17) is 11.6 Å². The number of nitrogens with zero attached hydrogens (tertiary/aromatic N) is 1. The van der Waals surface area contributed by atoms with Crippen LogP contribution in [0.3, 0.4) is 0 Å². The summed E-state index contributed by atoms with van der Waals surface area (Å²) in [5.74, 6) is -0.361. The Morgan fingerprint density at radius 2 is 1.96 bits per heavy atom. The second kappa shape index (κ2) is 7.02. The van der Waals surface area contributed by atoms with Crippen molar-refractivity contribution in [1.29, 1.82) is 0 Å². The van der Waals surface area contributed by atoms with Gasteiger partial charge in [-0.2, -0.15) is 0 Å². The van der Waals surface area contributed by atoms with Crippen LogP contribution in [0, 0.1) is 6.92 Å². The van der Waals surface area contributed by atoms with Crippen LogP contribution >= 0.6 is 22.9 Å². The number of rotatable bonds is 4. The van der Waals surface area contributed by atoms with Gasteiger partial charge >= 0.3 is 0 Å². The van der Waals surface area contributed by atoms with Gasteiger partial charge in [0.15, 0.2) is 0 Å². The van der Waals surface area contributed by atoms with Gasteiger partial charge in [-0.15, -0.1) is 11.3 Å². The fourth-order valence-corrected chi connectivity index (χ4v) is 3.92. The van der Waals surface area contributed by atoms with Crippen molar-refractivity contribution in [1.82, 2.24) is 9.88 Å². The van der Waals surface area contributed by atoms with E-state index in [1.54, 1.807) is 29.7 Å². The number of carbonyl (C=O) groups is 1. The van der Waals surface area contributed by atoms with Gasteiger partial charge in [0.25, 0.3) is 5.91 Å². The zero-order valence-corrected chi connectivity index (χ0v) is 15.9. The number of benzene rings is 1. The smallest absolute Gasteiger partial charge is 0.257 e. The highest BCUT2D eigenvalue weighted by Gasteiger charge is 2.18. The molecule has 0 bridgehead atoms. The van der Waals surface area contributed by atoms with E-state index >= 15 is 0 Å². The summed E-state index contributed by atoms with van der Waals surface area (Å²) < 4.78 is 1.99. The highest BCUT2D eigenvalue weighted by molar-refractivity contribution is 7.18. The first-order chi connectivity index (χ1) is 11.9. The standard InChI is InChI=1S/C19H19ClN2O2S/c1-11(2)22-10-16(17(23)15-8-12(3)25-19(15)22)18(24)21-9-13-4-6-14(20)7-5-13/h4-8,10-11H,9H2,1-3H3,(H,21,24). The third-order valence-corrected chi connectivity index (χ3v) is 5.31. The van der Waals surface area contributed by atoms with Gasteiger partial charge in [0, 0.05) is 28.7 Å². The summed E-state index contributed by atoms with van der Waals surface area (Å²) in [6.07, 6.45) is 1.67. The number of fused-ring (bicyclic) bond motifs is 1. The van der Waals surface area contributed by atoms with Crippen LogP contribution in [-0.2, 0) is 6.54 Å². The van der Waals surface area contributed by atoms with Crippen molar-refractivity contribution < 1.29 is 4.79 Å². The highest BCUT2D eigenvalue weighted by atomic mass is 35.5. The van der Waals surface area contributed by atoms with Crippen LogP contribution in [0.1, 0.15) is 40.7 Å². The molecule has 0 radical (unpaired) electrons. The number of hydrogen-bond acceptors (Lipinski definition) is 3. The summed E-state index contributed by atoms with van der Waals surface area (Å²) >= 11 is 7.44. The first-order valence-corrected chi connectivity index (χ1v) is 9.24. The van der Waals surface area contributed by atoms with Gasteiger partial charge in [0.05, 0.1) is 5.39 Å². The Labute approximate surface area is 155 Å². The zero-order chi connectivity index (χ0) is 18.1. The summed E-state index contributed by atoms with van der Waals surface area (Å²) in [7, 11) is 0. The third kappa shape index (κ3) is 3.62. The van der Waals surface area contributed by atoms with Crippen molar-refractivity contribution in [2.45, 2.75) is 33.4 Å². The molecular formula is C19H19ClN2O2S. The first-order valence-electron chi connectivity index (χ1n) is 8.04. The van der Waals surface area contributed by atoms with E-state index in [0.717, 1.165) is 15.3 Å². The van der Waals surface area contributed by atoms with Crippen LogP contribution in [0.15, 0.2) is 41.3 Å². The molecule has 0 saturated heterocycles. The van der Waals surface area contributed by atoms with E-state index in [9.17, 15) is 9.59 Å². The van der Waals surface area contributed by atoms with Crippen molar-refractivity contribution in [2.75, 3.05) is 0 Å². The molecule has 130 valence electrons. The number of thiophene rings is 1. The average molecular weight is 375 g/mol. The molecule has 1 aromatic carbocycles. The van der Waals surface area contributed by atoms with E-state index in [-0.39, 0.29) is 22.9 Å². The maximum atomic E-state index is 12.7. The zero-order valence-electron chi connectivity index (χ0n) is 14.3. The summed E-state index contributed by atoms with van der Waals surface area (Å²) in [5, 5.41) is 4.07. The Bertz CT molecular complexity index is 987. The van der Waals surface area contributed by atoms with Gasteiger partial charge in [-0.1, -0.05) is 23.7 Å². The molecule has 4 nitrogen and oxygen atoms in total. The van der Waals surface area contributed by atoms with Crippen LogP contribution in [0.4, 0.5) is 0 Å². The maximum Gasteiger partial charge on any atom is 0.257 e. The van der Waals surface area contributed by atoms with E-state index in [0.29, 0.717) is 17.0 Å². The topological polar surface area (TPSA) is 51.1 Å². The molecule has 0 aliphatic rings. The summed E-state index contributed by atoms with van der Waals surface area (Å²) in [5.41, 5.74) is 0.882. The van der Waals surface area contributed by atoms with E-state index < -0.39 is 0 Å². The Morgan fingerprint density at radius 1 is 1.28 bits per heavy atom. The van der Waals surface area contributed by atoms with E-state index in [1.165, 1.54) is 0 Å². The van der Waals surface area contributed by atoms with Gasteiger partial charge in [-0.25, -0.2) is 0 Å². The monoisotopic (exact) mass is 374 g/mol. The van der Waals surface area contributed by atoms with Crippen molar-refractivity contribution in [3.63, 3.8) is 0 Å². The normalized spacial score (nSPS) is 11.2. The van der Waals surface area contributed by atoms with Crippen molar-refractivity contribution in [3.05, 3.63) is 67.8 Å². The predicted molar refractivity (Wildman–Crippen MR) is 104 cm³/mol. The fourth-order valence-electron chi connectivity index (χ4n) is 2.68. The quantitative estimate of drug-likeness (QED) is 0.729. The minimum Gasteiger partial charge on any atom is -0.348 e. The SMILES string of the molecule is Cc1cc2c(=O)c(C(=O)NCc3ccc(Cl)cc3)cn(C(C)C)c2s1. The molecule has 25 heavy (non-hydrogen) atoms. The van der Waals surface area contributed by atoms with E-state index in [2.05, 4.69) is 5.32 Å². The third-order valence-electron chi connectivity index (χ3n) is 3.99. The highest BCUT2D eigenvalue weighted by Crippen LogP contribution is 2.25. The number of aromatic nitrogens is 1. The largest absolute Gasteiger partial charge is 0.348 e. The van der Waals surface area contributed by atoms with Gasteiger partial charge in [0.1, 0.15) is 10.4 Å². The molecule has 0 atom stereocenters. The molecule has 0 fully saturated rings. The average Bonchev–Trinajstić information content (AvgIpc) is 2.96. The Hall–Kier alpha value is -2.11. The second-order valence-corrected chi connectivity index (χ2v) is 7.93. The minimum atomic E-state index is -0.361. The van der Waals surface area contributed by atoms with Gasteiger partial charge < -0.3 is 9.88 Å². The van der Waals surface area contributed by atoms with Crippen molar-refractivity contribution in [3.8, 4) is 0 Å². The summed E-state index contributed by atoms with van der Waals surface area (Å²) in [4.78, 5) is 27.3. The van der Waals surface area contributed by atoms with Gasteiger partial charge in [-0.3, -0.25) is 9.59 Å². The first kappa shape index (κ1) is 17.7. The number of halogens is 1. The van der Waals surface area contributed by atoms with Crippen LogP contribution < -0.4 is 10.7 Å². The molecule has 1 N–H and O–H groups in total. The molecule has 0 saturated carbocycles. The summed E-state index contributed by atoms with van der Waals surface area (Å²) in [6, 6.07) is 9.26. The van der Waals surface area contributed by atoms with E-state index in [1.807, 2.05) is 43.5 Å². The van der Waals surface area contributed by atoms with Crippen LogP contribution in [-0.4, -0.2) is 10.5 Å². The molecule has 0 aliphatic carbocycles. The van der Waals surface area contributed by atoms with Crippen molar-refractivity contribution in [2.24, 2.45) is 0 Å². The van der Waals surface area contributed by atoms with Gasteiger partial charge in [0.2, 0.25) is 5.43 Å². The van der Waals surface area contributed by atoms with Crippen LogP contribution in [0.25, 0.3) is 10.2 Å². The molecule has 2 heterocycles. The molecular weight excluding hydrogens is 356 g/mol. The Morgan fingerprint density at radius 3 is 2.60 bits per heavy atom. The van der Waals surface area contributed by atoms with Crippen molar-refractivity contribution >= 4 is 39.1 Å². The minimum absolute atomic E-state index is 0.156. The van der Waals surface area contributed by atoms with Crippen LogP contribution in [0.2, 0.25) is 5.02 Å². The predicted octanol–water partition coefficient (Wildman–Crippen LogP) is 4.54. The molecule has 0 spiro atoms. The molecule has 6 heteroatoms. The lowest BCUT2D eigenvalue weighted by Crippen LogP contribution is -2.29. The number of pyridine rings is 1. The lowest BCUT2D eigenvalue weighted by molar-refractivity contribution is 0.0949. The molecule has 3 aromatic rings. The lowest BCUT2D eigenvalue weighted by atomic mass is 10.1. The Kier molecular flexibility index (Phi) is 4.97. The van der Waals surface area contributed by atoms with Crippen LogP contribution in [0.5, 0.6) is 0 Å². The number of nitrogens with one attached hydrogen (secondary N) is 1. The maximum absolute atomic E-state index is 12.7. The lowest BCUT2D eigenvalue weighted by Gasteiger charge is -2.14. The number of amides is 1. The molecule has 2 aromatic heterocycles. The molecule has 3 rings (SSSR count). The number of carbonyl (C=O) groups excluding carboxylic acids is 1. The second-order valence-electron chi connectivity index (χ2n) is 6.26. The van der Waals surface area contributed by atoms with Gasteiger partial charge in [-0.05, 0) is 44.5 Å². The molecule has 0 aliphatic heterocycles.